The van der Waals surface area contributed by atoms with Gasteiger partial charge in [0, 0.05) is 0 Å². The van der Waals surface area contributed by atoms with Crippen LogP contribution in [0.25, 0.3) is 0 Å². The van der Waals surface area contributed by atoms with Crippen LogP contribution in [-0.2, 0) is 0 Å². The average Bonchev–Trinajstić information content (AvgIpc) is 2.36. The number of rotatable bonds is 6. The number of ether oxygens (including phenoxy) is 1. The highest BCUT2D eigenvalue weighted by Gasteiger charge is 2.27. The van der Waals surface area contributed by atoms with Gasteiger partial charge in [-0.15, -0.1) is 0 Å². The summed E-state index contributed by atoms with van der Waals surface area (Å²) in [6.45, 7) is 9.04. The van der Waals surface area contributed by atoms with Crippen LogP contribution in [-0.4, -0.2) is 11.7 Å². The molecule has 0 aliphatic rings. The van der Waals surface area contributed by atoms with Gasteiger partial charge in [0.1, 0.15) is 5.75 Å². The molecule has 0 heterocycles. The first kappa shape index (κ1) is 15.5. The molecule has 0 saturated carbocycles. The van der Waals surface area contributed by atoms with Crippen LogP contribution in [0.1, 0.15) is 52.2 Å². The molecule has 102 valence electrons. The van der Waals surface area contributed by atoms with Crippen molar-refractivity contribution in [1.29, 1.82) is 0 Å². The number of hydrogen-bond donors (Lipinski definition) is 1. The van der Waals surface area contributed by atoms with Crippen molar-refractivity contribution in [3.63, 3.8) is 0 Å². The maximum absolute atomic E-state index is 10.4. The van der Waals surface area contributed by atoms with Crippen LogP contribution in [0.5, 0.6) is 5.75 Å². The van der Waals surface area contributed by atoms with Crippen molar-refractivity contribution in [3.05, 3.63) is 28.2 Å². The second kappa shape index (κ2) is 6.58. The van der Waals surface area contributed by atoms with E-state index >= 15 is 0 Å². The lowest BCUT2D eigenvalue weighted by atomic mass is 9.80. The van der Waals surface area contributed by atoms with Crippen molar-refractivity contribution >= 4 is 15.9 Å². The maximum atomic E-state index is 10.4. The Hall–Kier alpha value is -0.540. The zero-order valence-electron chi connectivity index (χ0n) is 11.7. The van der Waals surface area contributed by atoms with Gasteiger partial charge in [-0.25, -0.2) is 0 Å². The Kier molecular flexibility index (Phi) is 5.67. The first-order valence-corrected chi connectivity index (χ1v) is 7.32. The van der Waals surface area contributed by atoms with E-state index in [4.69, 9.17) is 4.74 Å². The van der Waals surface area contributed by atoms with Gasteiger partial charge in [0.15, 0.2) is 0 Å². The predicted octanol–water partition coefficient (Wildman–Crippen LogP) is 4.71. The summed E-state index contributed by atoms with van der Waals surface area (Å²) in [6.07, 6.45) is 1.46. The van der Waals surface area contributed by atoms with Gasteiger partial charge in [-0.2, -0.15) is 0 Å². The maximum Gasteiger partial charge on any atom is 0.133 e. The van der Waals surface area contributed by atoms with Gasteiger partial charge >= 0.3 is 0 Å². The van der Waals surface area contributed by atoms with Crippen molar-refractivity contribution in [2.45, 2.75) is 46.6 Å². The molecule has 1 aromatic carbocycles. The lowest BCUT2D eigenvalue weighted by Gasteiger charge is -2.29. The number of benzene rings is 1. The van der Waals surface area contributed by atoms with Crippen molar-refractivity contribution in [2.24, 2.45) is 5.41 Å². The quantitative estimate of drug-likeness (QED) is 0.824. The molecule has 3 heteroatoms. The van der Waals surface area contributed by atoms with E-state index in [0.29, 0.717) is 6.61 Å². The summed E-state index contributed by atoms with van der Waals surface area (Å²) in [5, 5.41) is 10.4. The minimum atomic E-state index is -0.459. The van der Waals surface area contributed by atoms with E-state index in [0.717, 1.165) is 28.6 Å². The fraction of sp³-hybridized carbons (Fsp3) is 0.600. The Balaban J connectivity index is 2.90. The molecule has 1 rings (SSSR count). The molecular formula is C15H23BrO2. The van der Waals surface area contributed by atoms with Crippen LogP contribution in [0, 0.1) is 5.41 Å². The molecule has 18 heavy (non-hydrogen) atoms. The third-order valence-electron chi connectivity index (χ3n) is 3.38. The number of aliphatic hydroxyl groups excluding tert-OH is 1. The van der Waals surface area contributed by atoms with E-state index in [2.05, 4.69) is 43.6 Å². The normalized spacial score (nSPS) is 13.4. The second-order valence-corrected chi connectivity index (χ2v) is 6.14. The van der Waals surface area contributed by atoms with Crippen LogP contribution < -0.4 is 4.74 Å². The Bertz CT molecular complexity index is 388. The first-order valence-electron chi connectivity index (χ1n) is 6.52. The van der Waals surface area contributed by atoms with Crippen LogP contribution in [0.4, 0.5) is 0 Å². The Labute approximate surface area is 118 Å². The molecule has 0 bridgehead atoms. The van der Waals surface area contributed by atoms with Crippen molar-refractivity contribution < 1.29 is 9.84 Å². The third kappa shape index (κ3) is 3.72. The summed E-state index contributed by atoms with van der Waals surface area (Å²) in [6, 6.07) is 5.81. The van der Waals surface area contributed by atoms with Crippen LogP contribution in [0.15, 0.2) is 22.7 Å². The molecule has 0 aliphatic heterocycles. The van der Waals surface area contributed by atoms with E-state index in [1.54, 1.807) is 0 Å². The largest absolute Gasteiger partial charge is 0.492 e. The molecule has 0 spiro atoms. The highest BCUT2D eigenvalue weighted by molar-refractivity contribution is 9.10. The van der Waals surface area contributed by atoms with E-state index in [-0.39, 0.29) is 5.41 Å². The summed E-state index contributed by atoms with van der Waals surface area (Å²) in [7, 11) is 0. The SMILES string of the molecule is CCCOc1ccc(C(O)C(C)(C)CC)cc1Br. The van der Waals surface area contributed by atoms with Gasteiger partial charge in [-0.05, 0) is 51.9 Å². The van der Waals surface area contributed by atoms with Crippen molar-refractivity contribution in [2.75, 3.05) is 6.61 Å². The molecule has 1 N–H and O–H groups in total. The summed E-state index contributed by atoms with van der Waals surface area (Å²) < 4.78 is 6.51. The van der Waals surface area contributed by atoms with Gasteiger partial charge in [-0.1, -0.05) is 33.8 Å². The predicted molar refractivity (Wildman–Crippen MR) is 79.0 cm³/mol. The first-order chi connectivity index (χ1) is 8.42. The van der Waals surface area contributed by atoms with Crippen LogP contribution >= 0.6 is 15.9 Å². The number of aliphatic hydroxyl groups is 1. The van der Waals surface area contributed by atoms with Gasteiger partial charge in [0.25, 0.3) is 0 Å². The van der Waals surface area contributed by atoms with E-state index < -0.39 is 6.10 Å². The van der Waals surface area contributed by atoms with Crippen LogP contribution in [0.3, 0.4) is 0 Å². The van der Waals surface area contributed by atoms with E-state index in [1.807, 2.05) is 18.2 Å². The van der Waals surface area contributed by atoms with Gasteiger partial charge in [0.05, 0.1) is 17.2 Å². The fourth-order valence-corrected chi connectivity index (χ4v) is 2.17. The Morgan fingerprint density at radius 2 is 2.00 bits per heavy atom. The Morgan fingerprint density at radius 1 is 1.33 bits per heavy atom. The molecule has 1 unspecified atom stereocenters. The lowest BCUT2D eigenvalue weighted by Crippen LogP contribution is -2.20. The standard InChI is InChI=1S/C15H23BrO2/c1-5-9-18-13-8-7-11(10-12(13)16)14(17)15(3,4)6-2/h7-8,10,14,17H,5-6,9H2,1-4H3. The van der Waals surface area contributed by atoms with Crippen molar-refractivity contribution in [3.8, 4) is 5.75 Å². The third-order valence-corrected chi connectivity index (χ3v) is 4.00. The molecule has 0 aliphatic carbocycles. The van der Waals surface area contributed by atoms with E-state index in [1.165, 1.54) is 0 Å². The summed E-state index contributed by atoms with van der Waals surface area (Å²) >= 11 is 3.50. The number of hydrogen-bond acceptors (Lipinski definition) is 2. The lowest BCUT2D eigenvalue weighted by molar-refractivity contribution is 0.0465. The molecule has 0 saturated heterocycles. The minimum Gasteiger partial charge on any atom is -0.492 e. The Morgan fingerprint density at radius 3 is 2.50 bits per heavy atom. The molecule has 0 fully saturated rings. The van der Waals surface area contributed by atoms with E-state index in [9.17, 15) is 5.11 Å². The molecular weight excluding hydrogens is 292 g/mol. The smallest absolute Gasteiger partial charge is 0.133 e. The highest BCUT2D eigenvalue weighted by atomic mass is 79.9. The fourth-order valence-electron chi connectivity index (χ4n) is 1.66. The van der Waals surface area contributed by atoms with Gasteiger partial charge < -0.3 is 9.84 Å². The zero-order chi connectivity index (χ0) is 13.8. The van der Waals surface area contributed by atoms with Gasteiger partial charge in [-0.3, -0.25) is 0 Å². The molecule has 0 aromatic heterocycles. The summed E-state index contributed by atoms with van der Waals surface area (Å²) in [5.74, 6) is 0.835. The van der Waals surface area contributed by atoms with Crippen LogP contribution in [0.2, 0.25) is 0 Å². The topological polar surface area (TPSA) is 29.5 Å². The molecule has 2 nitrogen and oxygen atoms in total. The average molecular weight is 315 g/mol. The molecule has 1 aromatic rings. The number of halogens is 1. The molecule has 1 atom stereocenters. The molecule has 0 radical (unpaired) electrons. The second-order valence-electron chi connectivity index (χ2n) is 5.28. The molecule has 0 amide bonds. The van der Waals surface area contributed by atoms with Crippen molar-refractivity contribution in [1.82, 2.24) is 0 Å². The minimum absolute atomic E-state index is 0.120. The summed E-state index contributed by atoms with van der Waals surface area (Å²) in [4.78, 5) is 0. The highest BCUT2D eigenvalue weighted by Crippen LogP contribution is 2.38. The van der Waals surface area contributed by atoms with Gasteiger partial charge in [0.2, 0.25) is 0 Å². The zero-order valence-corrected chi connectivity index (χ0v) is 13.3. The summed E-state index contributed by atoms with van der Waals surface area (Å²) in [5.41, 5.74) is 0.808. The monoisotopic (exact) mass is 314 g/mol.